The summed E-state index contributed by atoms with van der Waals surface area (Å²) in [6, 6.07) is 0.155. The molecule has 2 atom stereocenters. The summed E-state index contributed by atoms with van der Waals surface area (Å²) < 4.78 is 0. The molecule has 0 radical (unpaired) electrons. The fourth-order valence-electron chi connectivity index (χ4n) is 2.54. The van der Waals surface area contributed by atoms with Crippen LogP contribution in [0.1, 0.15) is 36.2 Å². The number of nitrogens with two attached hydrogens (primary N) is 2. The average Bonchev–Trinajstić information content (AvgIpc) is 3.02. The number of hydrogen-bond donors (Lipinski definition) is 4. The van der Waals surface area contributed by atoms with E-state index < -0.39 is 5.91 Å². The molecule has 1 saturated carbocycles. The SMILES string of the molecule is NC(=O)c1nnc(N[C@@H]2CCCC[C@@H]2N)nc1Nc1cncs1. The van der Waals surface area contributed by atoms with Crippen molar-refractivity contribution >= 4 is 34.0 Å². The molecule has 1 aliphatic carbocycles. The van der Waals surface area contributed by atoms with E-state index in [9.17, 15) is 4.79 Å². The predicted octanol–water partition coefficient (Wildman–Crippen LogP) is 0.852. The van der Waals surface area contributed by atoms with E-state index in [1.807, 2.05) is 0 Å². The summed E-state index contributed by atoms with van der Waals surface area (Å²) in [5, 5.41) is 14.7. The molecule has 122 valence electrons. The molecule has 0 aliphatic heterocycles. The van der Waals surface area contributed by atoms with Crippen LogP contribution in [-0.4, -0.2) is 38.2 Å². The van der Waals surface area contributed by atoms with E-state index in [0.29, 0.717) is 5.95 Å². The highest BCUT2D eigenvalue weighted by atomic mass is 32.1. The maximum Gasteiger partial charge on any atom is 0.273 e. The van der Waals surface area contributed by atoms with Gasteiger partial charge in [-0.3, -0.25) is 9.78 Å². The molecule has 0 saturated heterocycles. The second-order valence-electron chi connectivity index (χ2n) is 5.39. The lowest BCUT2D eigenvalue weighted by Gasteiger charge is -2.29. The van der Waals surface area contributed by atoms with Gasteiger partial charge in [-0.2, -0.15) is 4.98 Å². The van der Waals surface area contributed by atoms with Crippen molar-refractivity contribution in [2.45, 2.75) is 37.8 Å². The molecule has 23 heavy (non-hydrogen) atoms. The highest BCUT2D eigenvalue weighted by Gasteiger charge is 2.23. The summed E-state index contributed by atoms with van der Waals surface area (Å²) in [6.45, 7) is 0. The molecule has 0 aromatic carbocycles. The highest BCUT2D eigenvalue weighted by Crippen LogP contribution is 2.23. The van der Waals surface area contributed by atoms with Crippen molar-refractivity contribution in [1.82, 2.24) is 20.2 Å². The van der Waals surface area contributed by atoms with Crippen LogP contribution in [0.4, 0.5) is 16.8 Å². The summed E-state index contributed by atoms with van der Waals surface area (Å²) in [6.07, 6.45) is 5.80. The normalized spacial score (nSPS) is 20.9. The zero-order chi connectivity index (χ0) is 16.2. The number of nitrogens with zero attached hydrogens (tertiary/aromatic N) is 4. The lowest BCUT2D eigenvalue weighted by atomic mass is 9.91. The van der Waals surface area contributed by atoms with Gasteiger partial charge in [0.1, 0.15) is 5.00 Å². The van der Waals surface area contributed by atoms with Gasteiger partial charge in [0.15, 0.2) is 11.5 Å². The van der Waals surface area contributed by atoms with Crippen molar-refractivity contribution in [2.24, 2.45) is 11.5 Å². The minimum absolute atomic E-state index is 0.0168. The van der Waals surface area contributed by atoms with Crippen molar-refractivity contribution < 1.29 is 4.79 Å². The second-order valence-corrected chi connectivity index (χ2v) is 6.27. The fourth-order valence-corrected chi connectivity index (χ4v) is 3.05. The molecule has 2 heterocycles. The molecular formula is C13H18N8OS. The molecule has 1 fully saturated rings. The van der Waals surface area contributed by atoms with Gasteiger partial charge in [-0.25, -0.2) is 0 Å². The number of carbonyl (C=O) groups excluding carboxylic acids is 1. The number of primary amides is 1. The molecule has 0 bridgehead atoms. The Morgan fingerprint density at radius 3 is 2.83 bits per heavy atom. The number of carbonyl (C=O) groups is 1. The number of nitrogens with one attached hydrogen (secondary N) is 2. The number of anilines is 3. The third-order valence-corrected chi connectivity index (χ3v) is 4.42. The number of hydrogen-bond acceptors (Lipinski definition) is 9. The van der Waals surface area contributed by atoms with Crippen LogP contribution >= 0.6 is 11.3 Å². The Morgan fingerprint density at radius 1 is 1.30 bits per heavy atom. The first-order valence-electron chi connectivity index (χ1n) is 7.35. The van der Waals surface area contributed by atoms with Gasteiger partial charge in [0.25, 0.3) is 5.91 Å². The first-order valence-corrected chi connectivity index (χ1v) is 8.23. The Morgan fingerprint density at radius 2 is 2.13 bits per heavy atom. The average molecular weight is 334 g/mol. The molecule has 0 spiro atoms. The fraction of sp³-hybridized carbons (Fsp3) is 0.462. The quantitative estimate of drug-likeness (QED) is 0.630. The summed E-state index contributed by atoms with van der Waals surface area (Å²) in [5.74, 6) is -0.120. The largest absolute Gasteiger partial charge is 0.364 e. The van der Waals surface area contributed by atoms with E-state index in [4.69, 9.17) is 11.5 Å². The maximum atomic E-state index is 11.5. The zero-order valence-corrected chi connectivity index (χ0v) is 13.2. The molecule has 6 N–H and O–H groups in total. The highest BCUT2D eigenvalue weighted by molar-refractivity contribution is 7.13. The lowest BCUT2D eigenvalue weighted by molar-refractivity contribution is 0.0995. The van der Waals surface area contributed by atoms with E-state index in [1.54, 1.807) is 11.7 Å². The zero-order valence-electron chi connectivity index (χ0n) is 12.4. The standard InChI is InChI=1S/C13H18N8OS/c14-7-3-1-2-4-8(7)17-13-19-12(10(11(15)22)20-21-13)18-9-5-16-6-23-9/h5-8H,1-4,14H2,(H2,15,22)(H2,17,18,19,21)/t7-,8+/m0/s1. The van der Waals surface area contributed by atoms with E-state index in [1.165, 1.54) is 11.3 Å². The van der Waals surface area contributed by atoms with Crippen LogP contribution in [0.25, 0.3) is 0 Å². The van der Waals surface area contributed by atoms with Crippen molar-refractivity contribution in [1.29, 1.82) is 0 Å². The van der Waals surface area contributed by atoms with Gasteiger partial charge in [-0.1, -0.05) is 12.8 Å². The lowest BCUT2D eigenvalue weighted by Crippen LogP contribution is -2.43. The van der Waals surface area contributed by atoms with Crippen molar-refractivity contribution in [3.05, 3.63) is 17.4 Å². The number of amides is 1. The maximum absolute atomic E-state index is 11.5. The van der Waals surface area contributed by atoms with Crippen LogP contribution in [-0.2, 0) is 0 Å². The summed E-state index contributed by atoms with van der Waals surface area (Å²) in [7, 11) is 0. The van der Waals surface area contributed by atoms with Crippen LogP contribution < -0.4 is 22.1 Å². The van der Waals surface area contributed by atoms with Gasteiger partial charge in [-0.15, -0.1) is 21.5 Å². The van der Waals surface area contributed by atoms with Gasteiger partial charge in [-0.05, 0) is 12.8 Å². The minimum atomic E-state index is -0.696. The van der Waals surface area contributed by atoms with E-state index >= 15 is 0 Å². The Bertz CT molecular complexity index is 677. The number of thiazole rings is 1. The Balaban J connectivity index is 1.82. The van der Waals surface area contributed by atoms with Gasteiger partial charge in [0, 0.05) is 12.1 Å². The van der Waals surface area contributed by atoms with Crippen LogP contribution in [0.15, 0.2) is 11.7 Å². The number of aromatic nitrogens is 4. The first kappa shape index (κ1) is 15.6. The molecule has 3 rings (SSSR count). The minimum Gasteiger partial charge on any atom is -0.364 e. The second kappa shape index (κ2) is 6.84. The van der Waals surface area contributed by atoms with E-state index in [-0.39, 0.29) is 23.6 Å². The molecule has 9 nitrogen and oxygen atoms in total. The van der Waals surface area contributed by atoms with Crippen LogP contribution in [0, 0.1) is 0 Å². The first-order chi connectivity index (χ1) is 11.1. The van der Waals surface area contributed by atoms with Gasteiger partial charge in [0.05, 0.1) is 11.7 Å². The molecule has 1 amide bonds. The van der Waals surface area contributed by atoms with Crippen molar-refractivity contribution in [3.8, 4) is 0 Å². The molecule has 2 aromatic rings. The van der Waals surface area contributed by atoms with Crippen LogP contribution in [0.3, 0.4) is 0 Å². The monoisotopic (exact) mass is 334 g/mol. The van der Waals surface area contributed by atoms with E-state index in [2.05, 4.69) is 30.8 Å². The van der Waals surface area contributed by atoms with Gasteiger partial charge < -0.3 is 22.1 Å². The summed E-state index contributed by atoms with van der Waals surface area (Å²) in [5.41, 5.74) is 13.1. The summed E-state index contributed by atoms with van der Waals surface area (Å²) >= 11 is 1.38. The Hall–Kier alpha value is -2.33. The van der Waals surface area contributed by atoms with Crippen LogP contribution in [0.2, 0.25) is 0 Å². The van der Waals surface area contributed by atoms with Crippen molar-refractivity contribution in [3.63, 3.8) is 0 Å². The summed E-state index contributed by atoms with van der Waals surface area (Å²) in [4.78, 5) is 19.8. The third kappa shape index (κ3) is 3.71. The van der Waals surface area contributed by atoms with Crippen LogP contribution in [0.5, 0.6) is 0 Å². The Labute approximate surface area is 136 Å². The van der Waals surface area contributed by atoms with E-state index in [0.717, 1.165) is 30.7 Å². The molecule has 1 aliphatic rings. The van der Waals surface area contributed by atoms with Gasteiger partial charge in [0.2, 0.25) is 5.95 Å². The Kier molecular flexibility index (Phi) is 4.63. The molecule has 2 aromatic heterocycles. The smallest absolute Gasteiger partial charge is 0.273 e. The molecular weight excluding hydrogens is 316 g/mol. The van der Waals surface area contributed by atoms with Crippen molar-refractivity contribution in [2.75, 3.05) is 10.6 Å². The number of rotatable bonds is 5. The molecule has 0 unspecified atom stereocenters. The van der Waals surface area contributed by atoms with Gasteiger partial charge >= 0.3 is 0 Å². The topological polar surface area (TPSA) is 145 Å². The third-order valence-electron chi connectivity index (χ3n) is 3.73. The predicted molar refractivity (Wildman–Crippen MR) is 87.6 cm³/mol. The molecule has 10 heteroatoms.